The number of carbonyl (C=O) groups is 3. The molecule has 134 valence electrons. The summed E-state index contributed by atoms with van der Waals surface area (Å²) in [6, 6.07) is 0. The van der Waals surface area contributed by atoms with Gasteiger partial charge in [0.2, 0.25) is 0 Å². The molecule has 7 heteroatoms. The van der Waals surface area contributed by atoms with Crippen LogP contribution in [0, 0.1) is 11.3 Å². The van der Waals surface area contributed by atoms with Crippen LogP contribution in [0.15, 0.2) is 0 Å². The number of carbonyl (C=O) groups excluding carboxylic acids is 3. The number of thioether (sulfide) groups is 1. The largest absolute Gasteiger partial charge is 0.516 e. The molecular weight excluding hydrogens is 320 g/mol. The second-order valence-electron chi connectivity index (χ2n) is 6.32. The molecule has 0 fully saturated rings. The molecule has 0 aliphatic carbocycles. The summed E-state index contributed by atoms with van der Waals surface area (Å²) in [7, 11) is 0. The van der Waals surface area contributed by atoms with E-state index in [1.807, 2.05) is 20.8 Å². The Labute approximate surface area is 142 Å². The van der Waals surface area contributed by atoms with Crippen molar-refractivity contribution in [2.24, 2.45) is 11.3 Å². The summed E-state index contributed by atoms with van der Waals surface area (Å²) < 4.78 is 14.3. The Kier molecular flexibility index (Phi) is 8.66. The highest BCUT2D eigenvalue weighted by Gasteiger charge is 2.53. The van der Waals surface area contributed by atoms with E-state index in [1.54, 1.807) is 27.7 Å². The third kappa shape index (κ3) is 6.41. The highest BCUT2D eigenvalue weighted by molar-refractivity contribution is 8.00. The summed E-state index contributed by atoms with van der Waals surface area (Å²) >= 11 is 1.44. The van der Waals surface area contributed by atoms with Crippen LogP contribution < -0.4 is 0 Å². The predicted octanol–water partition coefficient (Wildman–Crippen LogP) is 3.42. The maximum absolute atomic E-state index is 12.6. The molecular formula is C16H28O6S. The molecule has 0 aromatic carbocycles. The molecule has 0 saturated carbocycles. The van der Waals surface area contributed by atoms with Crippen LogP contribution in [-0.4, -0.2) is 41.8 Å². The first-order valence-corrected chi connectivity index (χ1v) is 8.70. The third-order valence-electron chi connectivity index (χ3n) is 3.16. The van der Waals surface area contributed by atoms with Crippen LogP contribution in [0.25, 0.3) is 0 Å². The summed E-state index contributed by atoms with van der Waals surface area (Å²) in [5.74, 6) is -1.86. The van der Waals surface area contributed by atoms with Gasteiger partial charge < -0.3 is 14.2 Å². The van der Waals surface area contributed by atoms with Crippen LogP contribution in [0.1, 0.15) is 48.5 Å². The minimum Gasteiger partial charge on any atom is -0.465 e. The van der Waals surface area contributed by atoms with E-state index in [1.165, 1.54) is 11.8 Å². The zero-order valence-corrected chi connectivity index (χ0v) is 15.9. The van der Waals surface area contributed by atoms with Crippen LogP contribution in [-0.2, 0) is 23.8 Å². The summed E-state index contributed by atoms with van der Waals surface area (Å²) in [4.78, 5) is 36.6. The summed E-state index contributed by atoms with van der Waals surface area (Å²) in [6.45, 7) is 12.9. The molecule has 0 heterocycles. The molecule has 0 aliphatic rings. The molecule has 0 radical (unpaired) electrons. The monoisotopic (exact) mass is 348 g/mol. The lowest BCUT2D eigenvalue weighted by atomic mass is 9.79. The second-order valence-corrected chi connectivity index (χ2v) is 8.12. The first-order chi connectivity index (χ1) is 10.5. The fourth-order valence-electron chi connectivity index (χ4n) is 1.74. The van der Waals surface area contributed by atoms with Crippen molar-refractivity contribution in [2.75, 3.05) is 19.0 Å². The second kappa shape index (κ2) is 9.15. The van der Waals surface area contributed by atoms with Gasteiger partial charge in [0.05, 0.1) is 13.2 Å². The maximum atomic E-state index is 12.6. The van der Waals surface area contributed by atoms with Gasteiger partial charge in [0, 0.05) is 10.5 Å². The van der Waals surface area contributed by atoms with Crippen molar-refractivity contribution >= 4 is 29.9 Å². The molecule has 0 spiro atoms. The van der Waals surface area contributed by atoms with Gasteiger partial charge >= 0.3 is 18.1 Å². The molecule has 1 unspecified atom stereocenters. The van der Waals surface area contributed by atoms with Gasteiger partial charge in [-0.05, 0) is 19.8 Å². The Morgan fingerprint density at radius 2 is 1.48 bits per heavy atom. The molecule has 0 bridgehead atoms. The molecule has 0 aromatic heterocycles. The van der Waals surface area contributed by atoms with Gasteiger partial charge in [0.1, 0.15) is 0 Å². The number of rotatable bonds is 7. The smallest absolute Gasteiger partial charge is 0.465 e. The molecule has 1 atom stereocenters. The van der Waals surface area contributed by atoms with Crippen molar-refractivity contribution in [3.8, 4) is 0 Å². The highest BCUT2D eigenvalue weighted by Crippen LogP contribution is 2.39. The summed E-state index contributed by atoms with van der Waals surface area (Å²) in [5, 5.41) is 0. The van der Waals surface area contributed by atoms with E-state index >= 15 is 0 Å². The van der Waals surface area contributed by atoms with E-state index in [-0.39, 0.29) is 23.7 Å². The van der Waals surface area contributed by atoms with Crippen molar-refractivity contribution in [3.05, 3.63) is 0 Å². The van der Waals surface area contributed by atoms with Crippen molar-refractivity contribution in [1.29, 1.82) is 0 Å². The van der Waals surface area contributed by atoms with E-state index in [0.29, 0.717) is 0 Å². The average molecular weight is 348 g/mol. The lowest BCUT2D eigenvalue weighted by Gasteiger charge is -2.33. The topological polar surface area (TPSA) is 78.9 Å². The highest BCUT2D eigenvalue weighted by atomic mass is 32.2. The van der Waals surface area contributed by atoms with Gasteiger partial charge in [-0.3, -0.25) is 9.59 Å². The predicted molar refractivity (Wildman–Crippen MR) is 89.2 cm³/mol. The molecule has 6 nitrogen and oxygen atoms in total. The van der Waals surface area contributed by atoms with E-state index in [0.717, 1.165) is 0 Å². The third-order valence-corrected chi connectivity index (χ3v) is 4.63. The fourth-order valence-corrected chi connectivity index (χ4v) is 2.97. The Morgan fingerprint density at radius 1 is 0.957 bits per heavy atom. The van der Waals surface area contributed by atoms with Crippen molar-refractivity contribution < 1.29 is 28.6 Å². The van der Waals surface area contributed by atoms with E-state index < -0.39 is 29.4 Å². The zero-order chi connectivity index (χ0) is 18.3. The lowest BCUT2D eigenvalue weighted by Crippen LogP contribution is -2.49. The minimum absolute atomic E-state index is 0.0803. The van der Waals surface area contributed by atoms with Gasteiger partial charge in [-0.1, -0.05) is 34.6 Å². The van der Waals surface area contributed by atoms with Crippen LogP contribution >= 0.6 is 11.8 Å². The molecule has 0 amide bonds. The summed E-state index contributed by atoms with van der Waals surface area (Å²) in [5.41, 5.74) is -1.55. The Hall–Kier alpha value is -1.24. The summed E-state index contributed by atoms with van der Waals surface area (Å²) in [6.07, 6.45) is -1.10. The minimum atomic E-state index is -1.55. The number of hydrogen-bond acceptors (Lipinski definition) is 7. The number of esters is 2. The zero-order valence-electron chi connectivity index (χ0n) is 15.1. The van der Waals surface area contributed by atoms with Gasteiger partial charge in [0.15, 0.2) is 5.41 Å². The van der Waals surface area contributed by atoms with E-state index in [9.17, 15) is 14.4 Å². The number of hydrogen-bond donors (Lipinski definition) is 0. The van der Waals surface area contributed by atoms with Gasteiger partial charge in [-0.15, -0.1) is 0 Å². The van der Waals surface area contributed by atoms with E-state index in [4.69, 9.17) is 9.47 Å². The molecule has 23 heavy (non-hydrogen) atoms. The first kappa shape index (κ1) is 21.8. The van der Waals surface area contributed by atoms with Crippen molar-refractivity contribution in [3.63, 3.8) is 0 Å². The molecule has 0 rings (SSSR count). The molecule has 0 aromatic rings. The maximum Gasteiger partial charge on any atom is 0.516 e. The molecule has 0 saturated heterocycles. The average Bonchev–Trinajstić information content (AvgIpc) is 2.37. The quantitative estimate of drug-likeness (QED) is 0.515. The van der Waals surface area contributed by atoms with Crippen molar-refractivity contribution in [1.82, 2.24) is 0 Å². The normalized spacial score (nSPS) is 14.1. The SMILES string of the molecule is CCOC(=O)OC(=O)C(CSC(C)(C)C)(C(=O)OCC)C(C)C. The Morgan fingerprint density at radius 3 is 1.87 bits per heavy atom. The van der Waals surface area contributed by atoms with Gasteiger partial charge in [-0.2, -0.15) is 11.8 Å². The van der Waals surface area contributed by atoms with Gasteiger partial charge in [-0.25, -0.2) is 4.79 Å². The standard InChI is InChI=1S/C16H28O6S/c1-8-20-12(17)16(11(3)4,10-23-15(5,6)7)13(18)22-14(19)21-9-2/h11H,8-10H2,1-7H3. The Balaban J connectivity index is 5.57. The van der Waals surface area contributed by atoms with Crippen LogP contribution in [0.2, 0.25) is 0 Å². The Bertz CT molecular complexity index is 427. The van der Waals surface area contributed by atoms with Crippen LogP contribution in [0.5, 0.6) is 0 Å². The first-order valence-electron chi connectivity index (χ1n) is 7.71. The fraction of sp³-hybridized carbons (Fsp3) is 0.812. The lowest BCUT2D eigenvalue weighted by molar-refractivity contribution is -0.171. The molecule has 0 N–H and O–H groups in total. The van der Waals surface area contributed by atoms with Crippen LogP contribution in [0.3, 0.4) is 0 Å². The number of ether oxygens (including phenoxy) is 3. The molecule has 0 aliphatic heterocycles. The van der Waals surface area contributed by atoms with E-state index in [2.05, 4.69) is 4.74 Å². The van der Waals surface area contributed by atoms with Gasteiger partial charge in [0.25, 0.3) is 0 Å². The van der Waals surface area contributed by atoms with Crippen molar-refractivity contribution in [2.45, 2.75) is 53.2 Å². The van der Waals surface area contributed by atoms with Crippen LogP contribution in [0.4, 0.5) is 4.79 Å².